The molecular formula is C34H48O2. The quantitative estimate of drug-likeness (QED) is 0.255. The van der Waals surface area contributed by atoms with Crippen LogP contribution in [0.3, 0.4) is 0 Å². The minimum Gasteiger partial charge on any atom is -0.458 e. The Morgan fingerprint density at radius 2 is 1.67 bits per heavy atom. The predicted octanol–water partition coefficient (Wildman–Crippen LogP) is 9.46. The van der Waals surface area contributed by atoms with E-state index in [1.807, 2.05) is 30.3 Å². The van der Waals surface area contributed by atoms with Gasteiger partial charge in [-0.2, -0.15) is 0 Å². The Balaban J connectivity index is 1.23. The minimum atomic E-state index is -0.173. The number of esters is 1. The Kier molecular flexibility index (Phi) is 7.80. The van der Waals surface area contributed by atoms with E-state index in [-0.39, 0.29) is 17.5 Å². The van der Waals surface area contributed by atoms with Crippen LogP contribution in [-0.4, -0.2) is 12.1 Å². The van der Waals surface area contributed by atoms with Crippen molar-refractivity contribution >= 4 is 5.97 Å². The first kappa shape index (κ1) is 25.8. The Morgan fingerprint density at radius 3 is 2.47 bits per heavy atom. The molecule has 0 saturated heterocycles. The highest BCUT2D eigenvalue weighted by atomic mass is 16.5. The lowest BCUT2D eigenvalue weighted by molar-refractivity contribution is 0.00778. The third kappa shape index (κ3) is 4.86. The highest BCUT2D eigenvalue weighted by Crippen LogP contribution is 2.65. The Morgan fingerprint density at radius 1 is 0.889 bits per heavy atom. The second kappa shape index (κ2) is 10.9. The van der Waals surface area contributed by atoms with Gasteiger partial charge >= 0.3 is 5.97 Å². The van der Waals surface area contributed by atoms with Gasteiger partial charge in [0.1, 0.15) is 6.10 Å². The molecule has 1 aromatic rings. The molecule has 4 aliphatic carbocycles. The first-order valence-corrected chi connectivity index (χ1v) is 15.1. The first-order valence-electron chi connectivity index (χ1n) is 15.1. The zero-order chi connectivity index (χ0) is 25.2. The summed E-state index contributed by atoms with van der Waals surface area (Å²) in [6.45, 7) is 7.48. The lowest BCUT2D eigenvalue weighted by atomic mass is 9.50. The average molecular weight is 489 g/mol. The molecule has 0 amide bonds. The van der Waals surface area contributed by atoms with Gasteiger partial charge in [0, 0.05) is 6.42 Å². The first-order chi connectivity index (χ1) is 17.5. The summed E-state index contributed by atoms with van der Waals surface area (Å²) in [5, 5.41) is 0. The highest BCUT2D eigenvalue weighted by molar-refractivity contribution is 5.89. The standard InChI is InChI=1S/C34H48O2/c1-4-5-6-7-8-12-15-26-17-19-30-29-18-16-27-24-28(36-32(35)25-13-10-9-11-14-25)20-22-34(27,3)31(29)21-23-33(26,30)2/h9-11,13-14,16,18,26,28,30-31H,4-8,12,15,17,19-24H2,1-3H3/t26-,28-,30?,31?,33+,34-/m0/s1. The monoisotopic (exact) mass is 488 g/mol. The summed E-state index contributed by atoms with van der Waals surface area (Å²) in [6, 6.07) is 9.45. The van der Waals surface area contributed by atoms with Gasteiger partial charge in [-0.15, -0.1) is 0 Å². The van der Waals surface area contributed by atoms with Crippen LogP contribution in [-0.2, 0) is 4.74 Å². The van der Waals surface area contributed by atoms with E-state index < -0.39 is 0 Å². The van der Waals surface area contributed by atoms with E-state index in [4.69, 9.17) is 4.74 Å². The molecule has 6 atom stereocenters. The largest absolute Gasteiger partial charge is 0.458 e. The SMILES string of the molecule is CCCCCCCC[C@H]1CCC2C3=CC=C4C[C@@H](OC(=O)c5ccccc5)CC[C@]4(C)C3CC[C@@]21C. The van der Waals surface area contributed by atoms with Crippen LogP contribution in [0.25, 0.3) is 0 Å². The molecule has 4 aliphatic rings. The summed E-state index contributed by atoms with van der Waals surface area (Å²) >= 11 is 0. The molecule has 36 heavy (non-hydrogen) atoms. The van der Waals surface area contributed by atoms with Crippen LogP contribution in [0.15, 0.2) is 53.6 Å². The van der Waals surface area contributed by atoms with Gasteiger partial charge in [-0.25, -0.2) is 4.79 Å². The molecule has 2 unspecified atom stereocenters. The number of hydrogen-bond acceptors (Lipinski definition) is 2. The van der Waals surface area contributed by atoms with Gasteiger partial charge in [-0.1, -0.05) is 101 Å². The molecule has 0 radical (unpaired) electrons. The maximum Gasteiger partial charge on any atom is 0.338 e. The minimum absolute atomic E-state index is 0.00836. The van der Waals surface area contributed by atoms with Crippen molar-refractivity contribution in [2.75, 3.05) is 0 Å². The fourth-order valence-corrected chi connectivity index (χ4v) is 8.62. The van der Waals surface area contributed by atoms with Crippen LogP contribution in [0.4, 0.5) is 0 Å². The zero-order valence-corrected chi connectivity index (χ0v) is 23.1. The van der Waals surface area contributed by atoms with E-state index in [9.17, 15) is 4.79 Å². The van der Waals surface area contributed by atoms with E-state index in [0.717, 1.165) is 31.1 Å². The molecule has 3 saturated carbocycles. The lowest BCUT2D eigenvalue weighted by Gasteiger charge is -2.55. The molecule has 2 heteroatoms. The van der Waals surface area contributed by atoms with Crippen LogP contribution >= 0.6 is 0 Å². The third-order valence-electron chi connectivity index (χ3n) is 10.9. The number of ether oxygens (including phenoxy) is 1. The van der Waals surface area contributed by atoms with Gasteiger partial charge in [-0.3, -0.25) is 0 Å². The third-order valence-corrected chi connectivity index (χ3v) is 10.9. The van der Waals surface area contributed by atoms with Crippen LogP contribution < -0.4 is 0 Å². The number of allylic oxidation sites excluding steroid dienone is 3. The van der Waals surface area contributed by atoms with Crippen molar-refractivity contribution in [3.05, 3.63) is 59.2 Å². The van der Waals surface area contributed by atoms with E-state index in [1.54, 1.807) is 5.57 Å². The van der Waals surface area contributed by atoms with Gasteiger partial charge < -0.3 is 4.74 Å². The van der Waals surface area contributed by atoms with Crippen molar-refractivity contribution in [1.82, 2.24) is 0 Å². The van der Waals surface area contributed by atoms with Crippen molar-refractivity contribution in [1.29, 1.82) is 0 Å². The van der Waals surface area contributed by atoms with E-state index in [1.165, 1.54) is 76.2 Å². The van der Waals surface area contributed by atoms with Gasteiger partial charge in [0.25, 0.3) is 0 Å². The molecule has 0 aliphatic heterocycles. The second-order valence-corrected chi connectivity index (χ2v) is 12.9. The Labute approximate surface area is 220 Å². The van der Waals surface area contributed by atoms with E-state index in [0.29, 0.717) is 16.9 Å². The van der Waals surface area contributed by atoms with Crippen LogP contribution in [0.1, 0.15) is 121 Å². The summed E-state index contributed by atoms with van der Waals surface area (Å²) in [5.74, 6) is 2.22. The lowest BCUT2D eigenvalue weighted by Crippen LogP contribution is -2.46. The van der Waals surface area contributed by atoms with Gasteiger partial charge in [-0.05, 0) is 85.7 Å². The average Bonchev–Trinajstić information content (AvgIpc) is 3.23. The molecule has 196 valence electrons. The number of carbonyl (C=O) groups is 1. The molecule has 5 rings (SSSR count). The van der Waals surface area contributed by atoms with Crippen LogP contribution in [0, 0.1) is 28.6 Å². The van der Waals surface area contributed by atoms with Gasteiger partial charge in [0.05, 0.1) is 5.56 Å². The van der Waals surface area contributed by atoms with E-state index in [2.05, 4.69) is 32.9 Å². The number of benzene rings is 1. The molecule has 0 bridgehead atoms. The number of fused-ring (bicyclic) bond motifs is 5. The Hall–Kier alpha value is -1.83. The molecule has 0 aromatic heterocycles. The normalized spacial score (nSPS) is 35.2. The predicted molar refractivity (Wildman–Crippen MR) is 149 cm³/mol. The number of carbonyl (C=O) groups excluding carboxylic acids is 1. The van der Waals surface area contributed by atoms with Crippen molar-refractivity contribution in [3.8, 4) is 0 Å². The summed E-state index contributed by atoms with van der Waals surface area (Å²) in [5.41, 5.74) is 4.72. The summed E-state index contributed by atoms with van der Waals surface area (Å²) < 4.78 is 5.97. The van der Waals surface area contributed by atoms with Crippen molar-refractivity contribution in [3.63, 3.8) is 0 Å². The molecule has 0 N–H and O–H groups in total. The highest BCUT2D eigenvalue weighted by Gasteiger charge is 2.56. The second-order valence-electron chi connectivity index (χ2n) is 12.9. The van der Waals surface area contributed by atoms with Crippen molar-refractivity contribution in [2.24, 2.45) is 28.6 Å². The Bertz CT molecular complexity index is 974. The molecule has 2 nitrogen and oxygen atoms in total. The zero-order valence-electron chi connectivity index (χ0n) is 23.1. The molecule has 1 aromatic carbocycles. The van der Waals surface area contributed by atoms with Crippen molar-refractivity contribution < 1.29 is 9.53 Å². The molecule has 0 heterocycles. The van der Waals surface area contributed by atoms with Gasteiger partial charge in [0.2, 0.25) is 0 Å². The molecule has 3 fully saturated rings. The molecule has 0 spiro atoms. The fourth-order valence-electron chi connectivity index (χ4n) is 8.62. The maximum atomic E-state index is 12.7. The summed E-state index contributed by atoms with van der Waals surface area (Å²) in [4.78, 5) is 12.7. The van der Waals surface area contributed by atoms with Crippen LogP contribution in [0.5, 0.6) is 0 Å². The number of hydrogen-bond donors (Lipinski definition) is 0. The van der Waals surface area contributed by atoms with Crippen LogP contribution in [0.2, 0.25) is 0 Å². The van der Waals surface area contributed by atoms with Gasteiger partial charge in [0.15, 0.2) is 0 Å². The number of unbranched alkanes of at least 4 members (excludes halogenated alkanes) is 5. The maximum absolute atomic E-state index is 12.7. The smallest absolute Gasteiger partial charge is 0.338 e. The summed E-state index contributed by atoms with van der Waals surface area (Å²) in [7, 11) is 0. The van der Waals surface area contributed by atoms with Crippen molar-refractivity contribution in [2.45, 2.75) is 117 Å². The fraction of sp³-hybridized carbons (Fsp3) is 0.676. The van der Waals surface area contributed by atoms with E-state index >= 15 is 0 Å². The molecular weight excluding hydrogens is 440 g/mol. The number of rotatable bonds is 9. The summed E-state index contributed by atoms with van der Waals surface area (Å²) in [6.07, 6.45) is 23.5. The topological polar surface area (TPSA) is 26.3 Å².